The fourth-order valence-corrected chi connectivity index (χ4v) is 1.36. The molecule has 0 amide bonds. The molecule has 0 radical (unpaired) electrons. The molecule has 6 nitrogen and oxygen atoms in total. The fourth-order valence-electron chi connectivity index (χ4n) is 1.36. The van der Waals surface area contributed by atoms with Crippen molar-refractivity contribution in [2.24, 2.45) is 12.9 Å². The average Bonchev–Trinajstić information content (AvgIpc) is 2.61. The van der Waals surface area contributed by atoms with Gasteiger partial charge in [0.25, 0.3) is 0 Å². The lowest BCUT2D eigenvalue weighted by atomic mass is 10.2. The van der Waals surface area contributed by atoms with Gasteiger partial charge in [-0.15, -0.1) is 0 Å². The third-order valence-electron chi connectivity index (χ3n) is 2.09. The molecule has 1 heterocycles. The third kappa shape index (κ3) is 2.10. The minimum absolute atomic E-state index is 0.238. The average molecular weight is 200 g/mol. The molecule has 0 aromatic carbocycles. The zero-order valence-electron chi connectivity index (χ0n) is 8.60. The maximum atomic E-state index is 5.43. The van der Waals surface area contributed by atoms with E-state index in [0.29, 0.717) is 0 Å². The molecule has 14 heavy (non-hydrogen) atoms. The summed E-state index contributed by atoms with van der Waals surface area (Å²) in [6.07, 6.45) is 1.26. The van der Waals surface area contributed by atoms with Crippen LogP contribution in [0.25, 0.3) is 0 Å². The number of nitrogens with two attached hydrogens (primary N) is 1. The van der Waals surface area contributed by atoms with E-state index in [1.807, 2.05) is 13.1 Å². The van der Waals surface area contributed by atoms with E-state index in [-0.39, 0.29) is 6.04 Å². The maximum absolute atomic E-state index is 5.43. The van der Waals surface area contributed by atoms with Crippen molar-refractivity contribution in [3.8, 4) is 0 Å². The Morgan fingerprint density at radius 3 is 2.50 bits per heavy atom. The van der Waals surface area contributed by atoms with Gasteiger partial charge in [0.1, 0.15) is 6.04 Å². The molecule has 0 aliphatic carbocycles. The highest BCUT2D eigenvalue weighted by Gasteiger charge is 2.23. The number of nitrogens with one attached hydrogen (secondary N) is 1. The third-order valence-corrected chi connectivity index (χ3v) is 2.09. The van der Waals surface area contributed by atoms with Gasteiger partial charge in [0, 0.05) is 27.5 Å². The number of aryl methyl sites for hydroxylation is 1. The van der Waals surface area contributed by atoms with Crippen molar-refractivity contribution in [3.05, 3.63) is 18.0 Å². The summed E-state index contributed by atoms with van der Waals surface area (Å²) in [6, 6.07) is 1.62. The van der Waals surface area contributed by atoms with Crippen molar-refractivity contribution in [2.75, 3.05) is 14.2 Å². The molecule has 0 bridgehead atoms. The second-order valence-electron chi connectivity index (χ2n) is 2.86. The minimum Gasteiger partial charge on any atom is -0.354 e. The van der Waals surface area contributed by atoms with Crippen molar-refractivity contribution in [1.29, 1.82) is 0 Å². The molecule has 0 aliphatic heterocycles. The molecule has 0 spiro atoms. The minimum atomic E-state index is -0.435. The van der Waals surface area contributed by atoms with E-state index < -0.39 is 6.29 Å². The Kier molecular flexibility index (Phi) is 4.02. The van der Waals surface area contributed by atoms with Gasteiger partial charge in [-0.1, -0.05) is 0 Å². The van der Waals surface area contributed by atoms with Crippen LogP contribution in [0, 0.1) is 0 Å². The summed E-state index contributed by atoms with van der Waals surface area (Å²) in [5, 5.41) is 4.05. The molecule has 1 aromatic rings. The number of aromatic nitrogens is 2. The summed E-state index contributed by atoms with van der Waals surface area (Å²) < 4.78 is 12.0. The summed E-state index contributed by atoms with van der Waals surface area (Å²) in [4.78, 5) is 0. The largest absolute Gasteiger partial charge is 0.354 e. The number of rotatable bonds is 5. The number of hydrazine groups is 1. The molecule has 0 saturated carbocycles. The van der Waals surface area contributed by atoms with Crippen LogP contribution in [0.2, 0.25) is 0 Å². The van der Waals surface area contributed by atoms with Crippen LogP contribution in [-0.4, -0.2) is 30.3 Å². The van der Waals surface area contributed by atoms with Crippen LogP contribution in [0.15, 0.2) is 12.3 Å². The Morgan fingerprint density at radius 1 is 1.50 bits per heavy atom. The number of methoxy groups -OCH3 is 2. The quantitative estimate of drug-likeness (QED) is 0.382. The zero-order chi connectivity index (χ0) is 10.6. The van der Waals surface area contributed by atoms with Crippen molar-refractivity contribution in [1.82, 2.24) is 15.2 Å². The first kappa shape index (κ1) is 11.1. The van der Waals surface area contributed by atoms with Crippen LogP contribution in [0.5, 0.6) is 0 Å². The maximum Gasteiger partial charge on any atom is 0.179 e. The first-order valence-electron chi connectivity index (χ1n) is 4.24. The normalized spacial score (nSPS) is 13.5. The highest BCUT2D eigenvalue weighted by Crippen LogP contribution is 2.17. The molecule has 3 N–H and O–H groups in total. The number of hydrogen-bond donors (Lipinski definition) is 2. The molecule has 0 saturated heterocycles. The lowest BCUT2D eigenvalue weighted by Crippen LogP contribution is -2.39. The molecule has 0 aliphatic rings. The Bertz CT molecular complexity index is 272. The van der Waals surface area contributed by atoms with Gasteiger partial charge in [-0.3, -0.25) is 10.5 Å². The van der Waals surface area contributed by atoms with E-state index in [1.165, 1.54) is 0 Å². The SMILES string of the molecule is COC(OC)C(NN)c1ccnn1C. The molecular formula is C8H16N4O2. The molecule has 6 heteroatoms. The molecular weight excluding hydrogens is 184 g/mol. The zero-order valence-corrected chi connectivity index (χ0v) is 8.60. The fraction of sp³-hybridized carbons (Fsp3) is 0.625. The van der Waals surface area contributed by atoms with Gasteiger partial charge in [0.05, 0.1) is 5.69 Å². The first-order chi connectivity index (χ1) is 6.74. The molecule has 80 valence electrons. The smallest absolute Gasteiger partial charge is 0.179 e. The molecule has 1 aromatic heterocycles. The van der Waals surface area contributed by atoms with Gasteiger partial charge >= 0.3 is 0 Å². The lowest BCUT2D eigenvalue weighted by Gasteiger charge is -2.23. The summed E-state index contributed by atoms with van der Waals surface area (Å²) in [7, 11) is 4.96. The Balaban J connectivity index is 2.86. The topological polar surface area (TPSA) is 74.3 Å². The highest BCUT2D eigenvalue weighted by atomic mass is 16.7. The monoisotopic (exact) mass is 200 g/mol. The second kappa shape index (κ2) is 5.06. The van der Waals surface area contributed by atoms with Gasteiger partial charge < -0.3 is 9.47 Å². The van der Waals surface area contributed by atoms with E-state index in [0.717, 1.165) is 5.69 Å². The van der Waals surface area contributed by atoms with Crippen molar-refractivity contribution >= 4 is 0 Å². The van der Waals surface area contributed by atoms with Crippen LogP contribution >= 0.6 is 0 Å². The summed E-state index contributed by atoms with van der Waals surface area (Å²) in [5.41, 5.74) is 3.54. The van der Waals surface area contributed by atoms with Crippen LogP contribution < -0.4 is 11.3 Å². The Morgan fingerprint density at radius 2 is 2.14 bits per heavy atom. The van der Waals surface area contributed by atoms with Crippen molar-refractivity contribution < 1.29 is 9.47 Å². The van der Waals surface area contributed by atoms with E-state index in [2.05, 4.69) is 10.5 Å². The molecule has 1 atom stereocenters. The van der Waals surface area contributed by atoms with E-state index in [1.54, 1.807) is 25.1 Å². The van der Waals surface area contributed by atoms with E-state index >= 15 is 0 Å². The first-order valence-corrected chi connectivity index (χ1v) is 4.24. The Labute approximate surface area is 83.0 Å². The Hall–Kier alpha value is -0.950. The lowest BCUT2D eigenvalue weighted by molar-refractivity contribution is -0.125. The van der Waals surface area contributed by atoms with Crippen molar-refractivity contribution in [3.63, 3.8) is 0 Å². The van der Waals surface area contributed by atoms with Gasteiger partial charge in [0.15, 0.2) is 6.29 Å². The van der Waals surface area contributed by atoms with Crippen LogP contribution in [0.4, 0.5) is 0 Å². The van der Waals surface area contributed by atoms with Crippen LogP contribution in [0.3, 0.4) is 0 Å². The van der Waals surface area contributed by atoms with Gasteiger partial charge in [-0.2, -0.15) is 5.10 Å². The summed E-state index contributed by atoms with van der Waals surface area (Å²) >= 11 is 0. The number of ether oxygens (including phenoxy) is 2. The number of nitrogens with zero attached hydrogens (tertiary/aromatic N) is 2. The summed E-state index contributed by atoms with van der Waals surface area (Å²) in [6.45, 7) is 0. The summed E-state index contributed by atoms with van der Waals surface area (Å²) in [5.74, 6) is 5.43. The molecule has 1 unspecified atom stereocenters. The van der Waals surface area contributed by atoms with Crippen LogP contribution in [-0.2, 0) is 16.5 Å². The number of hydrogen-bond acceptors (Lipinski definition) is 5. The van der Waals surface area contributed by atoms with E-state index in [4.69, 9.17) is 15.3 Å². The van der Waals surface area contributed by atoms with Crippen LogP contribution in [0.1, 0.15) is 11.7 Å². The van der Waals surface area contributed by atoms with Gasteiger partial charge in [-0.25, -0.2) is 5.43 Å². The highest BCUT2D eigenvalue weighted by molar-refractivity contribution is 5.07. The second-order valence-corrected chi connectivity index (χ2v) is 2.86. The van der Waals surface area contributed by atoms with E-state index in [9.17, 15) is 0 Å². The van der Waals surface area contributed by atoms with Gasteiger partial charge in [0.2, 0.25) is 0 Å². The molecule has 0 fully saturated rings. The predicted molar refractivity (Wildman–Crippen MR) is 51.1 cm³/mol. The van der Waals surface area contributed by atoms with Gasteiger partial charge in [-0.05, 0) is 6.07 Å². The molecule has 1 rings (SSSR count). The van der Waals surface area contributed by atoms with Crippen molar-refractivity contribution in [2.45, 2.75) is 12.3 Å². The standard InChI is InChI=1S/C8H16N4O2/c1-12-6(4-5-10-12)7(11-9)8(13-2)14-3/h4-5,7-8,11H,9H2,1-3H3. The predicted octanol–water partition coefficient (Wildman–Crippen LogP) is -0.457.